The van der Waals surface area contributed by atoms with Gasteiger partial charge in [0, 0.05) is 24.3 Å². The van der Waals surface area contributed by atoms with Gasteiger partial charge in [-0.3, -0.25) is 0 Å². The van der Waals surface area contributed by atoms with Crippen molar-refractivity contribution in [3.05, 3.63) is 23.4 Å². The fourth-order valence-electron chi connectivity index (χ4n) is 2.86. The maximum Gasteiger partial charge on any atom is 0.129 e. The molecule has 106 valence electrons. The second kappa shape index (κ2) is 5.91. The third-order valence-electron chi connectivity index (χ3n) is 4.04. The van der Waals surface area contributed by atoms with Crippen LogP contribution in [-0.4, -0.2) is 23.6 Å². The number of aryl methyl sites for hydroxylation is 1. The lowest BCUT2D eigenvalue weighted by Crippen LogP contribution is -2.38. The molecule has 19 heavy (non-hydrogen) atoms. The van der Waals surface area contributed by atoms with E-state index in [4.69, 9.17) is 4.98 Å². The molecular weight excluding hydrogens is 234 g/mol. The van der Waals surface area contributed by atoms with Crippen LogP contribution in [-0.2, 0) is 13.0 Å². The van der Waals surface area contributed by atoms with Gasteiger partial charge in [-0.25, -0.2) is 4.98 Å². The molecule has 0 aliphatic carbocycles. The SMILES string of the molecule is CCNCc1cc(CC)nc(N2CCCC2(C)C)c1. The highest BCUT2D eigenvalue weighted by atomic mass is 15.3. The smallest absolute Gasteiger partial charge is 0.129 e. The van der Waals surface area contributed by atoms with E-state index in [1.165, 1.54) is 24.1 Å². The third-order valence-corrected chi connectivity index (χ3v) is 4.04. The molecule has 0 spiro atoms. The van der Waals surface area contributed by atoms with Crippen LogP contribution in [0.2, 0.25) is 0 Å². The molecule has 3 heteroatoms. The van der Waals surface area contributed by atoms with Gasteiger partial charge < -0.3 is 10.2 Å². The molecule has 3 nitrogen and oxygen atoms in total. The van der Waals surface area contributed by atoms with Crippen molar-refractivity contribution in [2.24, 2.45) is 0 Å². The van der Waals surface area contributed by atoms with Crippen molar-refractivity contribution in [1.29, 1.82) is 0 Å². The molecule has 0 atom stereocenters. The van der Waals surface area contributed by atoms with Crippen molar-refractivity contribution in [3.8, 4) is 0 Å². The Morgan fingerprint density at radius 3 is 2.68 bits per heavy atom. The fraction of sp³-hybridized carbons (Fsp3) is 0.688. The average molecular weight is 261 g/mol. The van der Waals surface area contributed by atoms with Gasteiger partial charge in [0.15, 0.2) is 0 Å². The maximum atomic E-state index is 4.84. The van der Waals surface area contributed by atoms with Gasteiger partial charge >= 0.3 is 0 Å². The average Bonchev–Trinajstić information content (AvgIpc) is 2.75. The molecule has 1 aliphatic heterocycles. The van der Waals surface area contributed by atoms with Crippen LogP contribution in [0.25, 0.3) is 0 Å². The first-order chi connectivity index (χ1) is 9.06. The van der Waals surface area contributed by atoms with E-state index in [1.54, 1.807) is 0 Å². The number of nitrogens with zero attached hydrogens (tertiary/aromatic N) is 2. The van der Waals surface area contributed by atoms with E-state index in [2.05, 4.69) is 50.0 Å². The summed E-state index contributed by atoms with van der Waals surface area (Å²) in [6, 6.07) is 4.49. The van der Waals surface area contributed by atoms with Gasteiger partial charge in [0.25, 0.3) is 0 Å². The molecule has 0 amide bonds. The first-order valence-corrected chi connectivity index (χ1v) is 7.55. The Bertz CT molecular complexity index is 426. The van der Waals surface area contributed by atoms with Gasteiger partial charge in [0.1, 0.15) is 5.82 Å². The van der Waals surface area contributed by atoms with Crippen molar-refractivity contribution in [1.82, 2.24) is 10.3 Å². The van der Waals surface area contributed by atoms with Crippen molar-refractivity contribution in [2.75, 3.05) is 18.0 Å². The number of hydrogen-bond donors (Lipinski definition) is 1. The molecule has 2 rings (SSSR count). The lowest BCUT2D eigenvalue weighted by molar-refractivity contribution is 0.513. The van der Waals surface area contributed by atoms with Crippen LogP contribution in [0, 0.1) is 0 Å². The number of pyridine rings is 1. The molecule has 1 saturated heterocycles. The maximum absolute atomic E-state index is 4.84. The first kappa shape index (κ1) is 14.3. The summed E-state index contributed by atoms with van der Waals surface area (Å²) in [4.78, 5) is 7.31. The molecule has 0 unspecified atom stereocenters. The zero-order chi connectivity index (χ0) is 13.9. The van der Waals surface area contributed by atoms with E-state index in [9.17, 15) is 0 Å². The molecule has 1 fully saturated rings. The third kappa shape index (κ3) is 3.27. The van der Waals surface area contributed by atoms with E-state index < -0.39 is 0 Å². The Labute approximate surface area is 117 Å². The van der Waals surface area contributed by atoms with E-state index in [0.717, 1.165) is 31.9 Å². The van der Waals surface area contributed by atoms with E-state index in [0.29, 0.717) is 0 Å². The van der Waals surface area contributed by atoms with E-state index in [1.807, 2.05) is 0 Å². The lowest BCUT2D eigenvalue weighted by atomic mass is 10.0. The van der Waals surface area contributed by atoms with Gasteiger partial charge in [-0.15, -0.1) is 0 Å². The Morgan fingerprint density at radius 1 is 1.32 bits per heavy atom. The molecule has 1 aromatic rings. The molecule has 0 saturated carbocycles. The summed E-state index contributed by atoms with van der Waals surface area (Å²) in [7, 11) is 0. The summed E-state index contributed by atoms with van der Waals surface area (Å²) in [5.74, 6) is 1.16. The van der Waals surface area contributed by atoms with Gasteiger partial charge in [-0.05, 0) is 57.4 Å². The second-order valence-corrected chi connectivity index (χ2v) is 6.03. The Hall–Kier alpha value is -1.09. The monoisotopic (exact) mass is 261 g/mol. The molecule has 0 aromatic carbocycles. The van der Waals surface area contributed by atoms with Crippen LogP contribution in [0.5, 0.6) is 0 Å². The second-order valence-electron chi connectivity index (χ2n) is 6.03. The van der Waals surface area contributed by atoms with Crippen LogP contribution in [0.3, 0.4) is 0 Å². The van der Waals surface area contributed by atoms with Crippen molar-refractivity contribution in [3.63, 3.8) is 0 Å². The Kier molecular flexibility index (Phi) is 4.46. The normalized spacial score (nSPS) is 18.0. The molecule has 0 radical (unpaired) electrons. The summed E-state index contributed by atoms with van der Waals surface area (Å²) < 4.78 is 0. The molecule has 2 heterocycles. The van der Waals surface area contributed by atoms with Gasteiger partial charge in [0.05, 0.1) is 0 Å². The first-order valence-electron chi connectivity index (χ1n) is 7.55. The minimum Gasteiger partial charge on any atom is -0.351 e. The standard InChI is InChI=1S/C16H27N3/c1-5-14-10-13(12-17-6-2)11-15(18-14)19-9-7-8-16(19,3)4/h10-11,17H,5-9,12H2,1-4H3. The lowest BCUT2D eigenvalue weighted by Gasteiger charge is -2.33. The number of nitrogens with one attached hydrogen (secondary N) is 1. The molecule has 1 aromatic heterocycles. The van der Waals surface area contributed by atoms with Crippen LogP contribution in [0.1, 0.15) is 51.8 Å². The van der Waals surface area contributed by atoms with Gasteiger partial charge in [-0.2, -0.15) is 0 Å². The number of hydrogen-bond acceptors (Lipinski definition) is 3. The minimum atomic E-state index is 0.245. The zero-order valence-corrected chi connectivity index (χ0v) is 12.8. The van der Waals surface area contributed by atoms with Crippen LogP contribution in [0.4, 0.5) is 5.82 Å². The number of anilines is 1. The molecule has 1 aliphatic rings. The number of aromatic nitrogens is 1. The van der Waals surface area contributed by atoms with E-state index in [-0.39, 0.29) is 5.54 Å². The highest BCUT2D eigenvalue weighted by Gasteiger charge is 2.32. The zero-order valence-electron chi connectivity index (χ0n) is 12.8. The van der Waals surface area contributed by atoms with Crippen LogP contribution in [0.15, 0.2) is 12.1 Å². The Balaban J connectivity index is 2.28. The van der Waals surface area contributed by atoms with E-state index >= 15 is 0 Å². The van der Waals surface area contributed by atoms with Crippen molar-refractivity contribution in [2.45, 2.75) is 59.0 Å². The van der Waals surface area contributed by atoms with Gasteiger partial charge in [-0.1, -0.05) is 13.8 Å². The quantitative estimate of drug-likeness (QED) is 0.882. The van der Waals surface area contributed by atoms with Crippen LogP contribution >= 0.6 is 0 Å². The summed E-state index contributed by atoms with van der Waals surface area (Å²) in [6.07, 6.45) is 3.53. The predicted molar refractivity (Wildman–Crippen MR) is 81.7 cm³/mol. The van der Waals surface area contributed by atoms with Crippen molar-refractivity contribution >= 4 is 5.82 Å². The summed E-state index contributed by atoms with van der Waals surface area (Å²) >= 11 is 0. The van der Waals surface area contributed by atoms with Gasteiger partial charge in [0.2, 0.25) is 0 Å². The summed E-state index contributed by atoms with van der Waals surface area (Å²) in [5.41, 5.74) is 2.80. The molecule has 0 bridgehead atoms. The predicted octanol–water partition coefficient (Wildman–Crippen LogP) is 3.13. The van der Waals surface area contributed by atoms with Crippen molar-refractivity contribution < 1.29 is 0 Å². The highest BCUT2D eigenvalue weighted by Crippen LogP contribution is 2.33. The number of rotatable bonds is 5. The summed E-state index contributed by atoms with van der Waals surface area (Å²) in [6.45, 7) is 12.1. The minimum absolute atomic E-state index is 0.245. The molecule has 1 N–H and O–H groups in total. The Morgan fingerprint density at radius 2 is 2.11 bits per heavy atom. The summed E-state index contributed by atoms with van der Waals surface area (Å²) in [5, 5.41) is 3.41. The van der Waals surface area contributed by atoms with Crippen LogP contribution < -0.4 is 10.2 Å². The fourth-order valence-corrected chi connectivity index (χ4v) is 2.86. The topological polar surface area (TPSA) is 28.2 Å². The largest absolute Gasteiger partial charge is 0.351 e. The highest BCUT2D eigenvalue weighted by molar-refractivity contribution is 5.46. The molecular formula is C16H27N3.